The number of aryl methyl sites for hydroxylation is 1. The zero-order valence-corrected chi connectivity index (χ0v) is 30.2. The van der Waals surface area contributed by atoms with Gasteiger partial charge in [0.05, 0.1) is 22.7 Å². The molecule has 4 aliphatic heterocycles. The standard InChI is InChI=1S/C38H51ClN8O3/c1-3-26-19-25(21-33(39)35(26)40)20-28(37(49)46-17-15-44(16-18-46)32-23-30-9-10-31(24-32)43(30)2)22-34(48)45-13-11-29(12-14-45)47-38(50)41-36(42-47)27-7-5-4-6-8-27/h4-8,19,21,28-32H,3,9-18,20,22-24,40H2,1-2H3,(H,41,42,50)/t28-,30?,31?,32?/m0/s1. The van der Waals surface area contributed by atoms with Gasteiger partial charge in [0.1, 0.15) is 0 Å². The quantitative estimate of drug-likeness (QED) is 0.320. The Morgan fingerprint density at radius 1 is 0.920 bits per heavy atom. The number of benzene rings is 2. The van der Waals surface area contributed by atoms with Crippen molar-refractivity contribution < 1.29 is 9.59 Å². The number of piperidine rings is 2. The molecule has 0 radical (unpaired) electrons. The fraction of sp³-hybridized carbons (Fsp3) is 0.579. The summed E-state index contributed by atoms with van der Waals surface area (Å²) < 4.78 is 1.53. The second-order valence-corrected chi connectivity index (χ2v) is 15.3. The number of hydrogen-bond acceptors (Lipinski definition) is 7. The smallest absolute Gasteiger partial charge is 0.343 e. The number of aromatic nitrogens is 3. The van der Waals surface area contributed by atoms with E-state index < -0.39 is 5.92 Å². The van der Waals surface area contributed by atoms with Crippen LogP contribution >= 0.6 is 11.6 Å². The van der Waals surface area contributed by atoms with Crippen LogP contribution in [-0.2, 0) is 22.4 Å². The molecule has 7 rings (SSSR count). The van der Waals surface area contributed by atoms with E-state index in [9.17, 15) is 14.4 Å². The van der Waals surface area contributed by atoms with E-state index in [4.69, 9.17) is 17.3 Å². The number of nitrogens with one attached hydrogen (secondary N) is 1. The third kappa shape index (κ3) is 7.22. The van der Waals surface area contributed by atoms with Crippen molar-refractivity contribution in [1.82, 2.24) is 34.4 Å². The van der Waals surface area contributed by atoms with Gasteiger partial charge >= 0.3 is 5.69 Å². The molecular formula is C38H51ClN8O3. The summed E-state index contributed by atoms with van der Waals surface area (Å²) in [5.74, 6) is 0.0548. The number of amides is 2. The topological polar surface area (TPSA) is 124 Å². The zero-order chi connectivity index (χ0) is 34.9. The van der Waals surface area contributed by atoms with Gasteiger partial charge in [-0.25, -0.2) is 9.48 Å². The predicted molar refractivity (Wildman–Crippen MR) is 196 cm³/mol. The Balaban J connectivity index is 1.01. The summed E-state index contributed by atoms with van der Waals surface area (Å²) in [7, 11) is 2.28. The summed E-state index contributed by atoms with van der Waals surface area (Å²) in [5.41, 5.74) is 9.32. The number of hydrogen-bond donors (Lipinski definition) is 2. The van der Waals surface area contributed by atoms with E-state index >= 15 is 0 Å². The summed E-state index contributed by atoms with van der Waals surface area (Å²) >= 11 is 6.54. The number of nitrogen functional groups attached to an aromatic ring is 1. The van der Waals surface area contributed by atoms with Gasteiger partial charge in [0.25, 0.3) is 0 Å². The van der Waals surface area contributed by atoms with Crippen molar-refractivity contribution in [3.8, 4) is 11.4 Å². The highest BCUT2D eigenvalue weighted by molar-refractivity contribution is 6.33. The lowest BCUT2D eigenvalue weighted by atomic mass is 9.91. The first-order valence-electron chi connectivity index (χ1n) is 18.5. The first kappa shape index (κ1) is 34.8. The van der Waals surface area contributed by atoms with Crippen molar-refractivity contribution in [3.63, 3.8) is 0 Å². The molecule has 4 saturated heterocycles. The van der Waals surface area contributed by atoms with E-state index in [-0.39, 0.29) is 30.0 Å². The third-order valence-electron chi connectivity index (χ3n) is 12.0. The molecule has 1 aromatic heterocycles. The lowest BCUT2D eigenvalue weighted by Gasteiger charge is -2.45. The van der Waals surface area contributed by atoms with E-state index in [2.05, 4.69) is 26.9 Å². The Labute approximate surface area is 299 Å². The zero-order valence-electron chi connectivity index (χ0n) is 29.4. The number of carbonyl (C=O) groups is 2. The van der Waals surface area contributed by atoms with Gasteiger partial charge in [0, 0.05) is 69.4 Å². The van der Waals surface area contributed by atoms with E-state index in [0.29, 0.717) is 80.1 Å². The van der Waals surface area contributed by atoms with Gasteiger partial charge in [0.15, 0.2) is 5.82 Å². The van der Waals surface area contributed by atoms with Crippen LogP contribution in [0.5, 0.6) is 0 Å². The van der Waals surface area contributed by atoms with Crippen LogP contribution in [-0.4, -0.2) is 111 Å². The SMILES string of the molecule is CCc1cc(C[C@@H](CC(=O)N2CCC(n3nc(-c4ccccc4)[nH]c3=O)CC2)C(=O)N2CCN(C3CC4CCC(C3)N4C)CC2)cc(Cl)c1N. The molecule has 2 aromatic carbocycles. The lowest BCUT2D eigenvalue weighted by molar-refractivity contribution is -0.143. The number of piperazine rings is 1. The lowest BCUT2D eigenvalue weighted by Crippen LogP contribution is -2.56. The van der Waals surface area contributed by atoms with Crippen LogP contribution in [0.2, 0.25) is 5.02 Å². The molecule has 2 unspecified atom stereocenters. The van der Waals surface area contributed by atoms with Gasteiger partial charge in [-0.2, -0.15) is 0 Å². The van der Waals surface area contributed by atoms with E-state index in [1.807, 2.05) is 59.2 Å². The van der Waals surface area contributed by atoms with Gasteiger partial charge in [-0.3, -0.25) is 19.5 Å². The minimum Gasteiger partial charge on any atom is -0.397 e. The van der Waals surface area contributed by atoms with Crippen LogP contribution in [0.25, 0.3) is 11.4 Å². The number of anilines is 1. The number of carbonyl (C=O) groups excluding carboxylic acids is 2. The molecule has 12 heteroatoms. The molecular weight excluding hydrogens is 652 g/mol. The number of likely N-dealkylation sites (tertiary alicyclic amines) is 1. The molecule has 11 nitrogen and oxygen atoms in total. The number of aromatic amines is 1. The first-order chi connectivity index (χ1) is 24.2. The molecule has 50 heavy (non-hydrogen) atoms. The second kappa shape index (κ2) is 14.9. The van der Waals surface area contributed by atoms with Crippen LogP contribution in [0, 0.1) is 5.92 Å². The second-order valence-electron chi connectivity index (χ2n) is 14.8. The Bertz CT molecular complexity index is 1710. The molecule has 2 amide bonds. The van der Waals surface area contributed by atoms with Crippen LogP contribution < -0.4 is 11.4 Å². The van der Waals surface area contributed by atoms with Gasteiger partial charge in [-0.05, 0) is 75.6 Å². The van der Waals surface area contributed by atoms with Crippen molar-refractivity contribution in [2.75, 3.05) is 52.0 Å². The van der Waals surface area contributed by atoms with Gasteiger partial charge in [-0.1, -0.05) is 54.9 Å². The largest absolute Gasteiger partial charge is 0.397 e. The number of nitrogens with zero attached hydrogens (tertiary/aromatic N) is 6. The van der Waals surface area contributed by atoms with E-state index in [1.165, 1.54) is 30.4 Å². The highest BCUT2D eigenvalue weighted by Gasteiger charge is 2.41. The number of rotatable bonds is 9. The molecule has 0 aliphatic carbocycles. The highest BCUT2D eigenvalue weighted by Crippen LogP contribution is 2.37. The third-order valence-corrected chi connectivity index (χ3v) is 12.3. The molecule has 4 fully saturated rings. The number of nitrogens with two attached hydrogens (primary N) is 1. The van der Waals surface area contributed by atoms with Crippen molar-refractivity contribution in [3.05, 3.63) is 69.1 Å². The normalized spacial score (nSPS) is 24.1. The molecule has 3 N–H and O–H groups in total. The minimum absolute atomic E-state index is 0.0288. The average molecular weight is 703 g/mol. The fourth-order valence-corrected chi connectivity index (χ4v) is 9.20. The van der Waals surface area contributed by atoms with Crippen molar-refractivity contribution >= 4 is 29.1 Å². The maximum atomic E-state index is 14.3. The maximum Gasteiger partial charge on any atom is 0.343 e. The van der Waals surface area contributed by atoms with Crippen LogP contribution in [0.15, 0.2) is 47.3 Å². The summed E-state index contributed by atoms with van der Waals surface area (Å²) in [4.78, 5) is 52.9. The van der Waals surface area contributed by atoms with Crippen molar-refractivity contribution in [2.45, 2.75) is 88.9 Å². The van der Waals surface area contributed by atoms with Gasteiger partial charge in [-0.15, -0.1) is 5.10 Å². The van der Waals surface area contributed by atoms with Crippen LogP contribution in [0.4, 0.5) is 5.69 Å². The van der Waals surface area contributed by atoms with Crippen molar-refractivity contribution in [2.24, 2.45) is 5.92 Å². The fourth-order valence-electron chi connectivity index (χ4n) is 8.94. The van der Waals surface area contributed by atoms with Gasteiger partial charge in [0.2, 0.25) is 11.8 Å². The highest BCUT2D eigenvalue weighted by atomic mass is 35.5. The summed E-state index contributed by atoms with van der Waals surface area (Å²) in [5, 5.41) is 5.08. The molecule has 268 valence electrons. The minimum atomic E-state index is -0.502. The summed E-state index contributed by atoms with van der Waals surface area (Å²) in [6.07, 6.45) is 7.58. The van der Waals surface area contributed by atoms with E-state index in [1.54, 1.807) is 0 Å². The van der Waals surface area contributed by atoms with E-state index in [0.717, 1.165) is 36.2 Å². The number of H-pyrrole nitrogens is 1. The van der Waals surface area contributed by atoms with Crippen molar-refractivity contribution in [1.29, 1.82) is 0 Å². The Hall–Kier alpha value is -3.67. The molecule has 0 saturated carbocycles. The molecule has 0 spiro atoms. The molecule has 3 atom stereocenters. The first-order valence-corrected chi connectivity index (χ1v) is 18.9. The molecule has 5 heterocycles. The summed E-state index contributed by atoms with van der Waals surface area (Å²) in [6, 6.07) is 15.3. The maximum absolute atomic E-state index is 14.3. The monoisotopic (exact) mass is 702 g/mol. The predicted octanol–water partition coefficient (Wildman–Crippen LogP) is 4.22. The number of fused-ring (bicyclic) bond motifs is 2. The Morgan fingerprint density at radius 3 is 2.26 bits per heavy atom. The van der Waals surface area contributed by atoms with Gasteiger partial charge < -0.3 is 20.4 Å². The Kier molecular flexibility index (Phi) is 10.4. The average Bonchev–Trinajstić information content (AvgIpc) is 3.60. The molecule has 4 aliphatic rings. The van der Waals surface area contributed by atoms with Crippen LogP contribution in [0.3, 0.4) is 0 Å². The summed E-state index contributed by atoms with van der Waals surface area (Å²) in [6.45, 7) is 6.17. The Morgan fingerprint density at radius 2 is 1.60 bits per heavy atom. The molecule has 3 aromatic rings. The molecule has 2 bridgehead atoms. The van der Waals surface area contributed by atoms with Crippen LogP contribution in [0.1, 0.15) is 69.0 Å². The number of halogens is 1.